The maximum absolute atomic E-state index is 12.7. The van der Waals surface area contributed by atoms with E-state index in [0.29, 0.717) is 37.4 Å². The minimum Gasteiger partial charge on any atom is -0.480 e. The molecule has 3 rings (SSSR count). The first kappa shape index (κ1) is 41.8. The number of aromatic nitrogens is 2. The van der Waals surface area contributed by atoms with E-state index in [2.05, 4.69) is 20.2 Å². The number of amides is 1. The van der Waals surface area contributed by atoms with Crippen LogP contribution in [0.5, 0.6) is 0 Å². The molecule has 21 heteroatoms. The van der Waals surface area contributed by atoms with E-state index >= 15 is 0 Å². The average molecular weight is 726 g/mol. The zero-order chi connectivity index (χ0) is 37.4. The normalized spacial score (nSPS) is 11.7. The van der Waals surface area contributed by atoms with Crippen LogP contribution in [-0.2, 0) is 34.0 Å². The van der Waals surface area contributed by atoms with Crippen molar-refractivity contribution in [1.82, 2.24) is 20.2 Å². The van der Waals surface area contributed by atoms with Crippen LogP contribution in [0.25, 0.3) is 0 Å². The first-order valence-electron chi connectivity index (χ1n) is 13.4. The van der Waals surface area contributed by atoms with Crippen molar-refractivity contribution in [2.45, 2.75) is 44.4 Å². The molecule has 5 N–H and O–H groups in total. The van der Waals surface area contributed by atoms with Crippen molar-refractivity contribution in [2.75, 3.05) is 12.0 Å². The lowest BCUT2D eigenvalue weighted by atomic mass is 10.1. The van der Waals surface area contributed by atoms with Gasteiger partial charge in [-0.15, -0.1) is 0 Å². The Bertz CT molecular complexity index is 1510. The molecule has 1 amide bonds. The highest BCUT2D eigenvalue weighted by Gasteiger charge is 2.38. The minimum atomic E-state index is -5.08. The Morgan fingerprint density at radius 1 is 0.939 bits per heavy atom. The molecule has 0 fully saturated rings. The van der Waals surface area contributed by atoms with Crippen LogP contribution < -0.4 is 5.32 Å². The second-order valence-electron chi connectivity index (χ2n) is 9.58. The van der Waals surface area contributed by atoms with Crippen LogP contribution in [0.1, 0.15) is 33.6 Å². The highest BCUT2D eigenvalue weighted by Crippen LogP contribution is 2.18. The lowest BCUT2D eigenvalue weighted by Crippen LogP contribution is -2.41. The lowest BCUT2D eigenvalue weighted by Gasteiger charge is -2.22. The first-order chi connectivity index (χ1) is 22.7. The number of H-pyrrole nitrogens is 1. The summed E-state index contributed by atoms with van der Waals surface area (Å²) in [6.45, 7) is 1.52. The fraction of sp³-hybridized carbons (Fsp3) is 0.321. The van der Waals surface area contributed by atoms with E-state index in [1.165, 1.54) is 23.9 Å². The molecule has 49 heavy (non-hydrogen) atoms. The number of hydrogen-bond acceptors (Lipinski definition) is 9. The van der Waals surface area contributed by atoms with Crippen LogP contribution in [0.2, 0.25) is 0 Å². The Kier molecular flexibility index (Phi) is 16.7. The number of nitrogens with zero attached hydrogens (tertiary/aromatic N) is 3. The van der Waals surface area contributed by atoms with E-state index in [9.17, 15) is 51.2 Å². The Balaban J connectivity index is 0.000000717. The third kappa shape index (κ3) is 16.5. The van der Waals surface area contributed by atoms with Gasteiger partial charge in [0.1, 0.15) is 6.04 Å². The molecule has 268 valence electrons. The summed E-state index contributed by atoms with van der Waals surface area (Å²) < 4.78 is 63.5. The summed E-state index contributed by atoms with van der Waals surface area (Å²) >= 11 is 1.52. The van der Waals surface area contributed by atoms with Gasteiger partial charge in [0.25, 0.3) is 11.6 Å². The molecule has 0 aliphatic carbocycles. The summed E-state index contributed by atoms with van der Waals surface area (Å²) in [5.74, 6) is -6.38. The van der Waals surface area contributed by atoms with E-state index in [0.717, 1.165) is 16.8 Å². The van der Waals surface area contributed by atoms with E-state index in [4.69, 9.17) is 19.8 Å². The Labute approximate surface area is 277 Å². The number of nitro groups is 1. The van der Waals surface area contributed by atoms with Crippen LogP contribution in [0, 0.1) is 10.1 Å². The molecule has 0 aliphatic rings. The van der Waals surface area contributed by atoms with Gasteiger partial charge in [0.05, 0.1) is 16.9 Å². The summed E-state index contributed by atoms with van der Waals surface area (Å²) in [7, 11) is 0. The van der Waals surface area contributed by atoms with Gasteiger partial charge in [0.15, 0.2) is 0 Å². The number of rotatable bonds is 13. The number of nitro benzene ring substituents is 1. The van der Waals surface area contributed by atoms with Crippen LogP contribution in [0.4, 0.5) is 32.0 Å². The van der Waals surface area contributed by atoms with Crippen molar-refractivity contribution in [3.8, 4) is 0 Å². The van der Waals surface area contributed by atoms with Gasteiger partial charge in [0, 0.05) is 43.5 Å². The molecule has 0 bridgehead atoms. The Morgan fingerprint density at radius 3 is 1.94 bits per heavy atom. The topological polar surface area (TPSA) is 216 Å². The average Bonchev–Trinajstić information content (AvgIpc) is 3.52. The Morgan fingerprint density at radius 2 is 1.49 bits per heavy atom. The smallest absolute Gasteiger partial charge is 0.480 e. The molecule has 1 aromatic heterocycles. The number of carbonyl (C=O) groups excluding carboxylic acids is 1. The fourth-order valence-electron chi connectivity index (χ4n) is 3.56. The molecule has 0 unspecified atom stereocenters. The van der Waals surface area contributed by atoms with Crippen LogP contribution in [0.15, 0.2) is 61.1 Å². The molecule has 3 aromatic rings. The minimum absolute atomic E-state index is 0.0310. The van der Waals surface area contributed by atoms with Crippen molar-refractivity contribution in [3.63, 3.8) is 0 Å². The van der Waals surface area contributed by atoms with Crippen molar-refractivity contribution in [2.24, 2.45) is 0 Å². The van der Waals surface area contributed by atoms with Crippen LogP contribution >= 0.6 is 11.8 Å². The molecular weight excluding hydrogens is 696 g/mol. The number of aromatic amines is 1. The third-order valence-corrected chi connectivity index (χ3v) is 6.43. The van der Waals surface area contributed by atoms with Crippen LogP contribution in [-0.4, -0.2) is 89.3 Å². The Hall–Kier alpha value is -5.18. The summed E-state index contributed by atoms with van der Waals surface area (Å²) in [6.07, 6.45) is -4.54. The quantitative estimate of drug-likeness (QED) is 0.0919. The van der Waals surface area contributed by atoms with Crippen LogP contribution in [0.3, 0.4) is 0 Å². The molecule has 14 nitrogen and oxygen atoms in total. The molecule has 0 saturated heterocycles. The number of hydrogen-bond donors (Lipinski definition) is 5. The molecule has 0 saturated carbocycles. The first-order valence-corrected chi connectivity index (χ1v) is 14.8. The number of aliphatic carboxylic acids is 3. The predicted molar refractivity (Wildman–Crippen MR) is 160 cm³/mol. The van der Waals surface area contributed by atoms with Gasteiger partial charge < -0.3 is 25.6 Å². The number of carboxylic acid groups (broad SMARTS) is 3. The second-order valence-corrected chi connectivity index (χ2v) is 10.6. The number of non-ortho nitro benzene ring substituents is 1. The molecule has 2 aromatic carbocycles. The van der Waals surface area contributed by atoms with Gasteiger partial charge >= 0.3 is 30.3 Å². The van der Waals surface area contributed by atoms with Gasteiger partial charge in [-0.25, -0.2) is 19.4 Å². The van der Waals surface area contributed by atoms with E-state index in [1.807, 2.05) is 12.3 Å². The van der Waals surface area contributed by atoms with E-state index in [-0.39, 0.29) is 5.69 Å². The molecule has 1 heterocycles. The van der Waals surface area contributed by atoms with Gasteiger partial charge in [-0.3, -0.25) is 19.8 Å². The largest absolute Gasteiger partial charge is 0.490 e. The predicted octanol–water partition coefficient (Wildman–Crippen LogP) is 4.72. The van der Waals surface area contributed by atoms with Crippen molar-refractivity contribution in [1.29, 1.82) is 0 Å². The number of benzene rings is 2. The lowest BCUT2D eigenvalue weighted by molar-refractivity contribution is -0.384. The SMILES string of the molecule is CSCC[C@H](NC(=O)c1cccc(CN(Cc2ccc([N+](=O)[O-])cc2)Cc2c[nH]cn2)c1)C(=O)O.O=C(O)C(F)(F)F.O=C(O)C(F)(F)F. The number of alkyl halides is 6. The zero-order valence-corrected chi connectivity index (χ0v) is 26.0. The summed E-state index contributed by atoms with van der Waals surface area (Å²) in [5.41, 5.74) is 3.01. The number of halogens is 6. The fourth-order valence-corrected chi connectivity index (χ4v) is 4.03. The van der Waals surface area contributed by atoms with E-state index in [1.54, 1.807) is 42.9 Å². The van der Waals surface area contributed by atoms with Crippen molar-refractivity contribution >= 4 is 41.3 Å². The van der Waals surface area contributed by atoms with Crippen molar-refractivity contribution < 1.29 is 65.8 Å². The third-order valence-electron chi connectivity index (χ3n) is 5.79. The maximum atomic E-state index is 12.7. The molecule has 0 spiro atoms. The highest BCUT2D eigenvalue weighted by molar-refractivity contribution is 7.98. The summed E-state index contributed by atoms with van der Waals surface area (Å²) in [5, 5.41) is 37.2. The molecular formula is C28H29F6N5O9S. The summed E-state index contributed by atoms with van der Waals surface area (Å²) in [4.78, 5) is 61.9. The molecule has 0 aliphatic heterocycles. The number of carbonyl (C=O) groups is 4. The van der Waals surface area contributed by atoms with Gasteiger partial charge in [0.2, 0.25) is 0 Å². The van der Waals surface area contributed by atoms with Gasteiger partial charge in [-0.2, -0.15) is 38.1 Å². The summed E-state index contributed by atoms with van der Waals surface area (Å²) in [6, 6.07) is 12.5. The molecule has 1 atom stereocenters. The number of nitrogens with one attached hydrogen (secondary N) is 2. The monoisotopic (exact) mass is 725 g/mol. The zero-order valence-electron chi connectivity index (χ0n) is 25.2. The maximum Gasteiger partial charge on any atom is 0.490 e. The van der Waals surface area contributed by atoms with Crippen molar-refractivity contribution in [3.05, 3.63) is 93.6 Å². The molecule has 0 radical (unpaired) electrons. The standard InChI is InChI=1S/C24H27N5O5S.2C2HF3O2/c1-35-10-9-22(24(31)32)27-23(30)19-4-2-3-18(11-19)14-28(15-20-12-25-16-26-20)13-17-5-7-21(8-6-17)29(33)34;2*3-2(4,5)1(6)7/h2-8,11-12,16,22H,9-10,13-15H2,1H3,(H,25,26)(H,27,30)(H,31,32);2*(H,6,7)/t22-;;/m0../s1. The van der Waals surface area contributed by atoms with Gasteiger partial charge in [-0.05, 0) is 41.7 Å². The van der Waals surface area contributed by atoms with Gasteiger partial charge in [-0.1, -0.05) is 24.3 Å². The van der Waals surface area contributed by atoms with E-state index < -0.39 is 47.1 Å². The second kappa shape index (κ2) is 19.6. The number of thioether (sulfide) groups is 1. The number of carboxylic acids is 3. The highest BCUT2D eigenvalue weighted by atomic mass is 32.2. The number of imidazole rings is 1.